The minimum atomic E-state index is -0.0561. The van der Waals surface area contributed by atoms with Crippen molar-refractivity contribution in [2.45, 2.75) is 13.0 Å². The second-order valence-corrected chi connectivity index (χ2v) is 5.19. The van der Waals surface area contributed by atoms with Gasteiger partial charge in [-0.3, -0.25) is 4.79 Å². The van der Waals surface area contributed by atoms with E-state index in [-0.39, 0.29) is 11.9 Å². The molecule has 4 nitrogen and oxygen atoms in total. The molecule has 0 bridgehead atoms. The number of nitrogens with one attached hydrogen (secondary N) is 3. The predicted octanol–water partition coefficient (Wildman–Crippen LogP) is 3.02. The molecule has 0 saturated heterocycles. The van der Waals surface area contributed by atoms with E-state index in [1.807, 2.05) is 55.5 Å². The Kier molecular flexibility index (Phi) is 3.77. The summed E-state index contributed by atoms with van der Waals surface area (Å²) < 4.78 is 0. The first-order valence-corrected chi connectivity index (χ1v) is 7.22. The van der Waals surface area contributed by atoms with Crippen molar-refractivity contribution in [3.8, 4) is 0 Å². The Labute approximate surface area is 124 Å². The predicted molar refractivity (Wildman–Crippen MR) is 85.7 cm³/mol. The molecule has 1 aliphatic heterocycles. The van der Waals surface area contributed by atoms with Crippen molar-refractivity contribution in [1.29, 1.82) is 0 Å². The van der Waals surface area contributed by atoms with Crippen LogP contribution in [-0.4, -0.2) is 19.0 Å². The maximum Gasteiger partial charge on any atom is 0.253 e. The molecule has 2 aromatic carbocycles. The molecular formula is C17H19N3O. The van der Waals surface area contributed by atoms with E-state index in [0.29, 0.717) is 5.56 Å². The second-order valence-electron chi connectivity index (χ2n) is 5.19. The molecular weight excluding hydrogens is 262 g/mol. The highest BCUT2D eigenvalue weighted by atomic mass is 16.1. The maximum absolute atomic E-state index is 12.5. The fourth-order valence-corrected chi connectivity index (χ4v) is 2.56. The minimum absolute atomic E-state index is 0.0221. The van der Waals surface area contributed by atoms with E-state index in [1.165, 1.54) is 0 Å². The molecule has 1 unspecified atom stereocenters. The third-order valence-electron chi connectivity index (χ3n) is 3.70. The van der Waals surface area contributed by atoms with Gasteiger partial charge in [0, 0.05) is 13.1 Å². The number of fused-ring (bicyclic) bond motifs is 1. The molecule has 1 atom stereocenters. The van der Waals surface area contributed by atoms with Crippen molar-refractivity contribution in [2.24, 2.45) is 0 Å². The molecule has 1 aliphatic rings. The quantitative estimate of drug-likeness (QED) is 0.810. The molecule has 108 valence electrons. The van der Waals surface area contributed by atoms with Gasteiger partial charge in [0.15, 0.2) is 0 Å². The summed E-state index contributed by atoms with van der Waals surface area (Å²) in [6.07, 6.45) is 0. The summed E-state index contributed by atoms with van der Waals surface area (Å²) >= 11 is 0. The molecule has 1 heterocycles. The average Bonchev–Trinajstić information content (AvgIpc) is 2.55. The highest BCUT2D eigenvalue weighted by molar-refractivity contribution is 6.03. The molecule has 0 spiro atoms. The van der Waals surface area contributed by atoms with Gasteiger partial charge in [-0.15, -0.1) is 0 Å². The number of rotatable bonds is 3. The zero-order valence-corrected chi connectivity index (χ0v) is 12.0. The van der Waals surface area contributed by atoms with Crippen molar-refractivity contribution in [3.05, 3.63) is 59.7 Å². The largest absolute Gasteiger partial charge is 0.382 e. The first kappa shape index (κ1) is 13.5. The van der Waals surface area contributed by atoms with Crippen LogP contribution in [0.5, 0.6) is 0 Å². The Morgan fingerprint density at radius 2 is 1.81 bits per heavy atom. The third-order valence-corrected chi connectivity index (χ3v) is 3.70. The Hall–Kier alpha value is -2.49. The molecule has 0 aliphatic carbocycles. The molecule has 4 heteroatoms. The van der Waals surface area contributed by atoms with Gasteiger partial charge in [-0.25, -0.2) is 0 Å². The molecule has 0 aromatic heterocycles. The van der Waals surface area contributed by atoms with Crippen LogP contribution in [0.4, 0.5) is 11.4 Å². The number of hydrogen-bond acceptors (Lipinski definition) is 3. The molecule has 3 rings (SSSR count). The van der Waals surface area contributed by atoms with Gasteiger partial charge >= 0.3 is 0 Å². The van der Waals surface area contributed by atoms with E-state index < -0.39 is 0 Å². The van der Waals surface area contributed by atoms with Crippen molar-refractivity contribution < 1.29 is 4.79 Å². The monoisotopic (exact) mass is 281 g/mol. The lowest BCUT2D eigenvalue weighted by Gasteiger charge is -2.23. The van der Waals surface area contributed by atoms with Crippen molar-refractivity contribution in [1.82, 2.24) is 5.32 Å². The van der Waals surface area contributed by atoms with E-state index in [4.69, 9.17) is 0 Å². The molecule has 3 N–H and O–H groups in total. The normalized spacial score (nSPS) is 14.3. The SMILES string of the molecule is CC(NC(=O)c1cccc2c1NCCN2)c1ccccc1. The summed E-state index contributed by atoms with van der Waals surface area (Å²) in [4.78, 5) is 12.5. The van der Waals surface area contributed by atoms with Crippen molar-refractivity contribution in [3.63, 3.8) is 0 Å². The number of carbonyl (C=O) groups excluding carboxylic acids is 1. The third kappa shape index (κ3) is 2.84. The topological polar surface area (TPSA) is 53.2 Å². The van der Waals surface area contributed by atoms with Crippen LogP contribution in [0.15, 0.2) is 48.5 Å². The summed E-state index contributed by atoms with van der Waals surface area (Å²) in [6.45, 7) is 3.69. The number of carbonyl (C=O) groups is 1. The molecule has 1 amide bonds. The second kappa shape index (κ2) is 5.87. The molecule has 0 radical (unpaired) electrons. The summed E-state index contributed by atoms with van der Waals surface area (Å²) in [5.41, 5.74) is 3.66. The first-order valence-electron chi connectivity index (χ1n) is 7.22. The van der Waals surface area contributed by atoms with E-state index in [1.54, 1.807) is 0 Å². The first-order chi connectivity index (χ1) is 10.3. The number of hydrogen-bond donors (Lipinski definition) is 3. The Balaban J connectivity index is 1.80. The van der Waals surface area contributed by atoms with Crippen LogP contribution < -0.4 is 16.0 Å². The van der Waals surface area contributed by atoms with Gasteiger partial charge in [-0.05, 0) is 24.6 Å². The van der Waals surface area contributed by atoms with Crippen LogP contribution in [0.1, 0.15) is 28.9 Å². The Morgan fingerprint density at radius 3 is 2.62 bits per heavy atom. The Bertz CT molecular complexity index is 640. The van der Waals surface area contributed by atoms with Crippen LogP contribution in [-0.2, 0) is 0 Å². The van der Waals surface area contributed by atoms with Gasteiger partial charge in [-0.1, -0.05) is 36.4 Å². The lowest BCUT2D eigenvalue weighted by atomic mass is 10.1. The molecule has 2 aromatic rings. The fraction of sp³-hybridized carbons (Fsp3) is 0.235. The number of anilines is 2. The van der Waals surface area contributed by atoms with Crippen molar-refractivity contribution >= 4 is 17.3 Å². The summed E-state index contributed by atoms with van der Waals surface area (Å²) in [6, 6.07) is 15.7. The zero-order valence-electron chi connectivity index (χ0n) is 12.0. The van der Waals surface area contributed by atoms with Gasteiger partial charge in [-0.2, -0.15) is 0 Å². The molecule has 21 heavy (non-hydrogen) atoms. The zero-order chi connectivity index (χ0) is 14.7. The molecule has 0 fully saturated rings. The molecule has 0 saturated carbocycles. The average molecular weight is 281 g/mol. The highest BCUT2D eigenvalue weighted by Gasteiger charge is 2.18. The summed E-state index contributed by atoms with van der Waals surface area (Å²) in [7, 11) is 0. The standard InChI is InChI=1S/C17H19N3O/c1-12(13-6-3-2-4-7-13)20-17(21)14-8-5-9-15-16(14)19-11-10-18-15/h2-9,12,18-19H,10-11H2,1H3,(H,20,21). The summed E-state index contributed by atoms with van der Waals surface area (Å²) in [5.74, 6) is -0.0561. The van der Waals surface area contributed by atoms with Gasteiger partial charge in [0.05, 0.1) is 23.0 Å². The van der Waals surface area contributed by atoms with Crippen molar-refractivity contribution in [2.75, 3.05) is 23.7 Å². The highest BCUT2D eigenvalue weighted by Crippen LogP contribution is 2.28. The Morgan fingerprint density at radius 1 is 1.05 bits per heavy atom. The number of amides is 1. The van der Waals surface area contributed by atoms with E-state index >= 15 is 0 Å². The lowest BCUT2D eigenvalue weighted by Crippen LogP contribution is -2.29. The van der Waals surface area contributed by atoms with Crippen LogP contribution in [0.3, 0.4) is 0 Å². The van der Waals surface area contributed by atoms with Gasteiger partial charge in [0.2, 0.25) is 0 Å². The van der Waals surface area contributed by atoms with E-state index in [9.17, 15) is 4.79 Å². The van der Waals surface area contributed by atoms with Crippen LogP contribution in [0.25, 0.3) is 0 Å². The minimum Gasteiger partial charge on any atom is -0.382 e. The van der Waals surface area contributed by atoms with Gasteiger partial charge in [0.1, 0.15) is 0 Å². The van der Waals surface area contributed by atoms with Gasteiger partial charge < -0.3 is 16.0 Å². The van der Waals surface area contributed by atoms with E-state index in [0.717, 1.165) is 30.0 Å². The van der Waals surface area contributed by atoms with Crippen LogP contribution in [0, 0.1) is 0 Å². The smallest absolute Gasteiger partial charge is 0.253 e. The maximum atomic E-state index is 12.5. The van der Waals surface area contributed by atoms with Gasteiger partial charge in [0.25, 0.3) is 5.91 Å². The van der Waals surface area contributed by atoms with E-state index in [2.05, 4.69) is 16.0 Å². The fourth-order valence-electron chi connectivity index (χ4n) is 2.56. The number of benzene rings is 2. The van der Waals surface area contributed by atoms with Crippen LogP contribution in [0.2, 0.25) is 0 Å². The summed E-state index contributed by atoms with van der Waals surface area (Å²) in [5, 5.41) is 9.66. The van der Waals surface area contributed by atoms with Crippen LogP contribution >= 0.6 is 0 Å². The number of para-hydroxylation sites is 1. The lowest BCUT2D eigenvalue weighted by molar-refractivity contribution is 0.0940.